The second kappa shape index (κ2) is 7.20. The van der Waals surface area contributed by atoms with Crippen LogP contribution in [0.5, 0.6) is 5.75 Å². The Balaban J connectivity index is 3.19. The van der Waals surface area contributed by atoms with Gasteiger partial charge in [0.2, 0.25) is 0 Å². The van der Waals surface area contributed by atoms with Crippen LogP contribution in [0.15, 0.2) is 18.2 Å². The van der Waals surface area contributed by atoms with Crippen molar-refractivity contribution in [3.63, 3.8) is 0 Å². The molecule has 1 atom stereocenters. The second-order valence-electron chi connectivity index (χ2n) is 4.85. The number of nitrogens with zero attached hydrogens (tertiary/aromatic N) is 1. The van der Waals surface area contributed by atoms with Crippen LogP contribution in [0.3, 0.4) is 0 Å². The smallest absolute Gasteiger partial charge is 0.184 e. The van der Waals surface area contributed by atoms with Crippen LogP contribution < -0.4 is 4.74 Å². The van der Waals surface area contributed by atoms with Gasteiger partial charge in [-0.05, 0) is 31.4 Å². The van der Waals surface area contributed by atoms with E-state index in [4.69, 9.17) is 4.74 Å². The zero-order valence-corrected chi connectivity index (χ0v) is 12.7. The van der Waals surface area contributed by atoms with E-state index in [0.717, 1.165) is 17.6 Å². The van der Waals surface area contributed by atoms with Gasteiger partial charge in [-0.25, -0.2) is 4.98 Å². The van der Waals surface area contributed by atoms with Crippen molar-refractivity contribution in [2.45, 2.75) is 46.1 Å². The van der Waals surface area contributed by atoms with Crippen LogP contribution in [0.1, 0.15) is 61.0 Å². The Morgan fingerprint density at radius 2 is 2.10 bits per heavy atom. The normalized spacial score (nSPS) is 12.1. The minimum absolute atomic E-state index is 0.0895. The minimum Gasteiger partial charge on any atom is -0.494 e. The van der Waals surface area contributed by atoms with Crippen LogP contribution in [-0.4, -0.2) is 23.0 Å². The molecule has 0 spiro atoms. The molecule has 1 unspecified atom stereocenters. The monoisotopic (exact) mass is 277 g/mol. The van der Waals surface area contributed by atoms with Crippen LogP contribution in [0, 0.1) is 6.92 Å². The van der Waals surface area contributed by atoms with E-state index in [9.17, 15) is 9.90 Å². The van der Waals surface area contributed by atoms with E-state index in [0.29, 0.717) is 30.0 Å². The topological polar surface area (TPSA) is 59.4 Å². The predicted octanol–water partition coefficient (Wildman–Crippen LogP) is 3.38. The van der Waals surface area contributed by atoms with Gasteiger partial charge in [0.1, 0.15) is 5.69 Å². The highest BCUT2D eigenvalue weighted by Crippen LogP contribution is 2.28. The number of ketones is 1. The number of aryl methyl sites for hydroxylation is 1. The Kier molecular flexibility index (Phi) is 5.89. The van der Waals surface area contributed by atoms with Crippen molar-refractivity contribution in [3.05, 3.63) is 35.2 Å². The molecule has 0 bridgehead atoms. The summed E-state index contributed by atoms with van der Waals surface area (Å²) in [5.41, 5.74) is 2.55. The first-order valence-electron chi connectivity index (χ1n) is 6.87. The number of rotatable bonds is 7. The maximum atomic E-state index is 12.0. The van der Waals surface area contributed by atoms with E-state index in [1.54, 1.807) is 13.0 Å². The second-order valence-corrected chi connectivity index (χ2v) is 4.85. The molecule has 4 nitrogen and oxygen atoms in total. The summed E-state index contributed by atoms with van der Waals surface area (Å²) in [6.45, 7) is 9.51. The van der Waals surface area contributed by atoms with Gasteiger partial charge in [0.25, 0.3) is 0 Å². The molecule has 1 rings (SSSR count). The fraction of sp³-hybridized carbons (Fsp3) is 0.500. The summed E-state index contributed by atoms with van der Waals surface area (Å²) in [4.78, 5) is 16.3. The van der Waals surface area contributed by atoms with E-state index in [1.165, 1.54) is 7.11 Å². The molecule has 0 aliphatic heterocycles. The molecule has 1 aromatic heterocycles. The van der Waals surface area contributed by atoms with E-state index in [-0.39, 0.29) is 5.78 Å². The van der Waals surface area contributed by atoms with Gasteiger partial charge < -0.3 is 9.84 Å². The molecule has 20 heavy (non-hydrogen) atoms. The van der Waals surface area contributed by atoms with E-state index in [2.05, 4.69) is 11.6 Å². The maximum absolute atomic E-state index is 12.0. The van der Waals surface area contributed by atoms with Gasteiger partial charge in [-0.1, -0.05) is 26.0 Å². The van der Waals surface area contributed by atoms with E-state index in [1.807, 2.05) is 13.8 Å². The lowest BCUT2D eigenvalue weighted by Gasteiger charge is -2.16. The lowest BCUT2D eigenvalue weighted by atomic mass is 10.0. The molecule has 0 amide bonds. The van der Waals surface area contributed by atoms with Crippen molar-refractivity contribution >= 4 is 5.78 Å². The summed E-state index contributed by atoms with van der Waals surface area (Å²) in [6, 6.07) is 1.76. The molecule has 0 radical (unpaired) electrons. The van der Waals surface area contributed by atoms with Crippen molar-refractivity contribution in [3.8, 4) is 5.75 Å². The number of pyridine rings is 1. The number of carbonyl (C=O) groups is 1. The highest BCUT2D eigenvalue weighted by molar-refractivity contribution is 5.97. The van der Waals surface area contributed by atoms with Gasteiger partial charge in [-0.2, -0.15) is 0 Å². The predicted molar refractivity (Wildman–Crippen MR) is 79.2 cm³/mol. The number of hydrogen-bond donors (Lipinski definition) is 1. The van der Waals surface area contributed by atoms with Gasteiger partial charge in [0.05, 0.1) is 18.9 Å². The molecule has 0 saturated heterocycles. The fourth-order valence-electron chi connectivity index (χ4n) is 1.99. The molecular weight excluding hydrogens is 254 g/mol. The third-order valence-electron chi connectivity index (χ3n) is 3.29. The number of methoxy groups -OCH3 is 1. The van der Waals surface area contributed by atoms with Crippen molar-refractivity contribution < 1.29 is 14.6 Å². The van der Waals surface area contributed by atoms with Gasteiger partial charge in [0, 0.05) is 6.42 Å². The summed E-state index contributed by atoms with van der Waals surface area (Å²) in [7, 11) is 1.52. The summed E-state index contributed by atoms with van der Waals surface area (Å²) in [5.74, 6) is 0.399. The molecular formula is C16H23NO3. The Bertz CT molecular complexity index is 509. The molecule has 1 N–H and O–H groups in total. The zero-order valence-electron chi connectivity index (χ0n) is 12.7. The lowest BCUT2D eigenvalue weighted by molar-refractivity contribution is 0.0978. The quantitative estimate of drug-likeness (QED) is 0.613. The Hall–Kier alpha value is -1.68. The maximum Gasteiger partial charge on any atom is 0.184 e. The third kappa shape index (κ3) is 3.67. The number of aliphatic hydroxyl groups excluding tert-OH is 1. The Morgan fingerprint density at radius 1 is 1.45 bits per heavy atom. The Labute approximate surface area is 120 Å². The summed E-state index contributed by atoms with van der Waals surface area (Å²) >= 11 is 0. The highest BCUT2D eigenvalue weighted by atomic mass is 16.5. The number of Topliss-reactive ketones (excluding diaryl/α,β-unsaturated/α-hetero) is 1. The van der Waals surface area contributed by atoms with Crippen molar-refractivity contribution in [2.24, 2.45) is 0 Å². The highest BCUT2D eigenvalue weighted by Gasteiger charge is 2.19. The van der Waals surface area contributed by atoms with Gasteiger partial charge in [-0.3, -0.25) is 4.79 Å². The molecule has 1 aromatic rings. The van der Waals surface area contributed by atoms with Crippen molar-refractivity contribution in [1.29, 1.82) is 0 Å². The summed E-state index contributed by atoms with van der Waals surface area (Å²) < 4.78 is 5.25. The standard InChI is InChI=1S/C16H23NO3/c1-6-10(3)8-14(19)12-9-11(4)16(20-5)15(17-12)13(18)7-2/h9,14,19H,3,6-8H2,1-2,4-5H3. The Morgan fingerprint density at radius 3 is 2.60 bits per heavy atom. The molecule has 0 fully saturated rings. The number of aromatic nitrogens is 1. The minimum atomic E-state index is -0.740. The van der Waals surface area contributed by atoms with Crippen molar-refractivity contribution in [1.82, 2.24) is 4.98 Å². The summed E-state index contributed by atoms with van der Waals surface area (Å²) in [5, 5.41) is 10.2. The largest absolute Gasteiger partial charge is 0.494 e. The van der Waals surface area contributed by atoms with Crippen LogP contribution in [0.4, 0.5) is 0 Å². The molecule has 0 aromatic carbocycles. The third-order valence-corrected chi connectivity index (χ3v) is 3.29. The van der Waals surface area contributed by atoms with Crippen LogP contribution in [0.25, 0.3) is 0 Å². The van der Waals surface area contributed by atoms with Crippen LogP contribution in [0.2, 0.25) is 0 Å². The number of ether oxygens (including phenoxy) is 1. The molecule has 0 aliphatic carbocycles. The first kappa shape index (κ1) is 16.4. The average Bonchev–Trinajstić information content (AvgIpc) is 2.45. The van der Waals surface area contributed by atoms with E-state index < -0.39 is 6.10 Å². The lowest BCUT2D eigenvalue weighted by Crippen LogP contribution is -2.10. The summed E-state index contributed by atoms with van der Waals surface area (Å²) in [6.07, 6.45) is 0.877. The molecule has 110 valence electrons. The SMILES string of the molecule is C=C(CC)CC(O)c1cc(C)c(OC)c(C(=O)CC)n1. The average molecular weight is 277 g/mol. The van der Waals surface area contributed by atoms with E-state index >= 15 is 0 Å². The van der Waals surface area contributed by atoms with Gasteiger partial charge in [0.15, 0.2) is 11.5 Å². The van der Waals surface area contributed by atoms with Gasteiger partial charge in [-0.15, -0.1) is 0 Å². The first-order chi connectivity index (χ1) is 9.44. The number of hydrogen-bond acceptors (Lipinski definition) is 4. The van der Waals surface area contributed by atoms with Gasteiger partial charge >= 0.3 is 0 Å². The van der Waals surface area contributed by atoms with Crippen molar-refractivity contribution in [2.75, 3.05) is 7.11 Å². The van der Waals surface area contributed by atoms with Crippen LogP contribution >= 0.6 is 0 Å². The first-order valence-corrected chi connectivity index (χ1v) is 6.87. The number of aliphatic hydroxyl groups is 1. The molecule has 0 aliphatic rings. The molecule has 1 heterocycles. The zero-order chi connectivity index (χ0) is 15.3. The molecule has 0 saturated carbocycles. The van der Waals surface area contributed by atoms with Crippen LogP contribution in [-0.2, 0) is 0 Å². The molecule has 4 heteroatoms. The fourth-order valence-corrected chi connectivity index (χ4v) is 1.99. The number of carbonyl (C=O) groups excluding carboxylic acids is 1.